The molecule has 0 unspecified atom stereocenters. The van der Waals surface area contributed by atoms with E-state index in [1.54, 1.807) is 24.3 Å². The van der Waals surface area contributed by atoms with Gasteiger partial charge in [0.05, 0.1) is 5.97 Å². The zero-order valence-electron chi connectivity index (χ0n) is 13.8. The molecule has 2 aromatic carbocycles. The number of esters is 1. The number of hydrogen-bond acceptors (Lipinski definition) is 6. The van der Waals surface area contributed by atoms with Crippen LogP contribution in [0.15, 0.2) is 48.5 Å². The van der Waals surface area contributed by atoms with Crippen LogP contribution in [-0.2, 0) is 20.9 Å². The summed E-state index contributed by atoms with van der Waals surface area (Å²) in [4.78, 5) is 45.8. The average Bonchev–Trinajstić information content (AvgIpc) is 2.60. The molecule has 0 spiro atoms. The number of nitrogens with one attached hydrogen (secondary N) is 2. The zero-order valence-corrected chi connectivity index (χ0v) is 13.8. The molecule has 0 saturated heterocycles. The standard InChI is InChI=1S/C18H16N2O6/c1-11(21)26-15-9-13(7-8-14(15)18(24)25)20-17(23)16(22)19-10-12-5-3-2-4-6-12/h2-9H,10H2,1H3,(H,19,22)(H,20,23)(H,24,25)/p-1. The van der Waals surface area contributed by atoms with E-state index in [0.29, 0.717) is 0 Å². The first-order valence-corrected chi connectivity index (χ1v) is 7.53. The summed E-state index contributed by atoms with van der Waals surface area (Å²) < 4.78 is 4.78. The van der Waals surface area contributed by atoms with Crippen LogP contribution in [0, 0.1) is 0 Å². The van der Waals surface area contributed by atoms with Crippen LogP contribution in [0.2, 0.25) is 0 Å². The molecular weight excluding hydrogens is 340 g/mol. The number of carboxylic acid groups (broad SMARTS) is 1. The fourth-order valence-electron chi connectivity index (χ4n) is 2.05. The predicted molar refractivity (Wildman–Crippen MR) is 89.0 cm³/mol. The lowest BCUT2D eigenvalue weighted by molar-refractivity contribution is -0.255. The monoisotopic (exact) mass is 355 g/mol. The Labute approximate surface area is 148 Å². The third-order valence-corrected chi connectivity index (χ3v) is 3.22. The van der Waals surface area contributed by atoms with E-state index >= 15 is 0 Å². The molecule has 134 valence electrons. The molecule has 0 fully saturated rings. The number of benzene rings is 2. The van der Waals surface area contributed by atoms with Gasteiger partial charge in [-0.05, 0) is 17.7 Å². The maximum atomic E-state index is 11.9. The lowest BCUT2D eigenvalue weighted by Crippen LogP contribution is -2.35. The van der Waals surface area contributed by atoms with E-state index in [4.69, 9.17) is 4.74 Å². The fraction of sp³-hybridized carbons (Fsp3) is 0.111. The molecule has 2 aromatic rings. The molecule has 0 radical (unpaired) electrons. The summed E-state index contributed by atoms with van der Waals surface area (Å²) in [6, 6.07) is 12.5. The van der Waals surface area contributed by atoms with Crippen molar-refractivity contribution < 1.29 is 29.0 Å². The summed E-state index contributed by atoms with van der Waals surface area (Å²) in [5.41, 5.74) is 0.557. The van der Waals surface area contributed by atoms with Gasteiger partial charge in [-0.3, -0.25) is 14.4 Å². The third kappa shape index (κ3) is 5.17. The van der Waals surface area contributed by atoms with Crippen molar-refractivity contribution in [2.24, 2.45) is 0 Å². The highest BCUT2D eigenvalue weighted by Crippen LogP contribution is 2.23. The summed E-state index contributed by atoms with van der Waals surface area (Å²) in [7, 11) is 0. The summed E-state index contributed by atoms with van der Waals surface area (Å²) in [6.07, 6.45) is 0. The van der Waals surface area contributed by atoms with Crippen molar-refractivity contribution in [2.45, 2.75) is 13.5 Å². The Hall–Kier alpha value is -3.68. The minimum atomic E-state index is -1.54. The Morgan fingerprint density at radius 3 is 2.31 bits per heavy atom. The van der Waals surface area contributed by atoms with E-state index in [9.17, 15) is 24.3 Å². The molecule has 0 heterocycles. The van der Waals surface area contributed by atoms with Crippen molar-refractivity contribution in [3.05, 3.63) is 59.7 Å². The van der Waals surface area contributed by atoms with Gasteiger partial charge in [0.15, 0.2) is 0 Å². The number of carboxylic acids is 1. The second-order valence-electron chi connectivity index (χ2n) is 5.21. The first kappa shape index (κ1) is 18.7. The molecule has 0 aliphatic rings. The quantitative estimate of drug-likeness (QED) is 0.449. The Morgan fingerprint density at radius 1 is 1.00 bits per heavy atom. The number of anilines is 1. The van der Waals surface area contributed by atoms with Gasteiger partial charge in [-0.2, -0.15) is 0 Å². The van der Waals surface area contributed by atoms with Gasteiger partial charge in [0.1, 0.15) is 5.75 Å². The molecule has 0 bridgehead atoms. The van der Waals surface area contributed by atoms with Crippen LogP contribution in [0.4, 0.5) is 5.69 Å². The summed E-state index contributed by atoms with van der Waals surface area (Å²) in [6.45, 7) is 1.27. The maximum Gasteiger partial charge on any atom is 0.313 e. The van der Waals surface area contributed by atoms with Crippen LogP contribution >= 0.6 is 0 Å². The van der Waals surface area contributed by atoms with E-state index in [2.05, 4.69) is 10.6 Å². The number of carbonyl (C=O) groups is 4. The second kappa shape index (κ2) is 8.43. The minimum absolute atomic E-state index is 0.0890. The van der Waals surface area contributed by atoms with Crippen LogP contribution in [0.25, 0.3) is 0 Å². The van der Waals surface area contributed by atoms with Gasteiger partial charge in [0.2, 0.25) is 0 Å². The summed E-state index contributed by atoms with van der Waals surface area (Å²) in [5, 5.41) is 15.8. The van der Waals surface area contributed by atoms with Crippen LogP contribution < -0.4 is 20.5 Å². The first-order valence-electron chi connectivity index (χ1n) is 7.53. The predicted octanol–water partition coefficient (Wildman–Crippen LogP) is 0.230. The third-order valence-electron chi connectivity index (χ3n) is 3.22. The number of amides is 2. The van der Waals surface area contributed by atoms with Crippen LogP contribution in [0.3, 0.4) is 0 Å². The zero-order chi connectivity index (χ0) is 19.1. The van der Waals surface area contributed by atoms with Crippen LogP contribution in [0.1, 0.15) is 22.8 Å². The molecule has 8 nitrogen and oxygen atoms in total. The van der Waals surface area contributed by atoms with Crippen molar-refractivity contribution in [3.8, 4) is 5.75 Å². The lowest BCUT2D eigenvalue weighted by atomic mass is 10.2. The van der Waals surface area contributed by atoms with Gasteiger partial charge in [-0.25, -0.2) is 0 Å². The van der Waals surface area contributed by atoms with Crippen molar-refractivity contribution in [2.75, 3.05) is 5.32 Å². The Kier molecular flexibility index (Phi) is 6.05. The fourth-order valence-corrected chi connectivity index (χ4v) is 2.05. The van der Waals surface area contributed by atoms with Crippen molar-refractivity contribution in [3.63, 3.8) is 0 Å². The number of rotatable bonds is 5. The van der Waals surface area contributed by atoms with E-state index in [1.165, 1.54) is 6.07 Å². The number of carbonyl (C=O) groups excluding carboxylic acids is 4. The molecule has 8 heteroatoms. The highest BCUT2D eigenvalue weighted by atomic mass is 16.5. The highest BCUT2D eigenvalue weighted by molar-refractivity contribution is 6.39. The number of ether oxygens (including phenoxy) is 1. The second-order valence-corrected chi connectivity index (χ2v) is 5.21. The van der Waals surface area contributed by atoms with Gasteiger partial charge in [-0.15, -0.1) is 0 Å². The van der Waals surface area contributed by atoms with Gasteiger partial charge >= 0.3 is 17.8 Å². The van der Waals surface area contributed by atoms with Gasteiger partial charge in [0, 0.05) is 30.8 Å². The maximum absolute atomic E-state index is 11.9. The normalized spacial score (nSPS) is 9.88. The summed E-state index contributed by atoms with van der Waals surface area (Å²) in [5.74, 6) is -4.39. The highest BCUT2D eigenvalue weighted by Gasteiger charge is 2.15. The van der Waals surface area contributed by atoms with Crippen molar-refractivity contribution in [1.29, 1.82) is 0 Å². The Morgan fingerprint density at radius 2 is 1.69 bits per heavy atom. The molecule has 0 aromatic heterocycles. The lowest BCUT2D eigenvalue weighted by Gasteiger charge is -2.12. The van der Waals surface area contributed by atoms with E-state index in [0.717, 1.165) is 24.6 Å². The first-order chi connectivity index (χ1) is 12.4. The molecule has 0 saturated carbocycles. The van der Waals surface area contributed by atoms with E-state index in [-0.39, 0.29) is 23.5 Å². The Bertz CT molecular complexity index is 848. The molecule has 2 amide bonds. The summed E-state index contributed by atoms with van der Waals surface area (Å²) >= 11 is 0. The van der Waals surface area contributed by atoms with Gasteiger partial charge < -0.3 is 25.3 Å². The van der Waals surface area contributed by atoms with Crippen molar-refractivity contribution >= 4 is 29.4 Å². The van der Waals surface area contributed by atoms with E-state index in [1.807, 2.05) is 6.07 Å². The number of hydrogen-bond donors (Lipinski definition) is 2. The van der Waals surface area contributed by atoms with Crippen LogP contribution in [0.5, 0.6) is 5.75 Å². The smallest absolute Gasteiger partial charge is 0.313 e. The SMILES string of the molecule is CC(=O)Oc1cc(NC(=O)C(=O)NCc2ccccc2)ccc1C(=O)[O-]. The molecule has 0 atom stereocenters. The molecule has 0 aliphatic carbocycles. The van der Waals surface area contributed by atoms with Crippen LogP contribution in [-0.4, -0.2) is 23.8 Å². The van der Waals surface area contributed by atoms with Gasteiger partial charge in [0.25, 0.3) is 0 Å². The van der Waals surface area contributed by atoms with Gasteiger partial charge in [-0.1, -0.05) is 30.3 Å². The average molecular weight is 355 g/mol. The molecule has 26 heavy (non-hydrogen) atoms. The largest absolute Gasteiger partial charge is 0.545 e. The van der Waals surface area contributed by atoms with E-state index < -0.39 is 23.8 Å². The molecule has 2 N–H and O–H groups in total. The minimum Gasteiger partial charge on any atom is -0.545 e. The molecule has 2 rings (SSSR count). The van der Waals surface area contributed by atoms with Crippen molar-refractivity contribution in [1.82, 2.24) is 5.32 Å². The number of aromatic carboxylic acids is 1. The topological polar surface area (TPSA) is 125 Å². The Balaban J connectivity index is 2.04. The molecule has 0 aliphatic heterocycles. The molecular formula is C18H15N2O6-.